The fourth-order valence-electron chi connectivity index (χ4n) is 1.87. The van der Waals surface area contributed by atoms with Gasteiger partial charge in [-0.3, -0.25) is 4.79 Å². The Morgan fingerprint density at radius 2 is 2.05 bits per heavy atom. The molecule has 22 heavy (non-hydrogen) atoms. The number of nitrogens with one attached hydrogen (secondary N) is 1. The molecule has 5 nitrogen and oxygen atoms in total. The third-order valence-corrected chi connectivity index (χ3v) is 5.83. The van der Waals surface area contributed by atoms with E-state index in [0.29, 0.717) is 5.69 Å². The van der Waals surface area contributed by atoms with Gasteiger partial charge in [-0.05, 0) is 12.5 Å². The monoisotopic (exact) mass is 338 g/mol. The third-order valence-electron chi connectivity index (χ3n) is 3.25. The first kappa shape index (κ1) is 16.6. The van der Waals surface area contributed by atoms with E-state index in [4.69, 9.17) is 0 Å². The number of aryl methyl sites for hydroxylation is 1. The molecule has 0 fully saturated rings. The van der Waals surface area contributed by atoms with E-state index in [1.54, 1.807) is 12.3 Å². The lowest BCUT2D eigenvalue weighted by Gasteiger charge is -2.03. The quantitative estimate of drug-likeness (QED) is 0.877. The van der Waals surface area contributed by atoms with Crippen LogP contribution in [0.15, 0.2) is 29.6 Å². The van der Waals surface area contributed by atoms with E-state index >= 15 is 0 Å². The van der Waals surface area contributed by atoms with E-state index in [2.05, 4.69) is 10.3 Å². The average molecular weight is 338 g/mol. The smallest absolute Gasteiger partial charge is 0.270 e. The summed E-state index contributed by atoms with van der Waals surface area (Å²) in [7, 11) is -3.07. The van der Waals surface area contributed by atoms with Crippen molar-refractivity contribution in [3.63, 3.8) is 0 Å². The lowest BCUT2D eigenvalue weighted by molar-refractivity contribution is 0.0952. The van der Waals surface area contributed by atoms with Gasteiger partial charge in [0.25, 0.3) is 5.91 Å². The highest BCUT2D eigenvalue weighted by atomic mass is 32.2. The number of thiazole rings is 1. The largest absolute Gasteiger partial charge is 0.350 e. The summed E-state index contributed by atoms with van der Waals surface area (Å²) < 4.78 is 22.8. The molecule has 1 amide bonds. The van der Waals surface area contributed by atoms with Crippen molar-refractivity contribution in [3.05, 3.63) is 40.9 Å². The van der Waals surface area contributed by atoms with Crippen molar-refractivity contribution in [3.8, 4) is 10.6 Å². The molecule has 0 atom stereocenters. The molecule has 7 heteroatoms. The number of aromatic nitrogens is 1. The lowest BCUT2D eigenvalue weighted by atomic mass is 10.1. The summed E-state index contributed by atoms with van der Waals surface area (Å²) in [5, 5.41) is 5.06. The normalized spacial score (nSPS) is 11.4. The van der Waals surface area contributed by atoms with Gasteiger partial charge in [0, 0.05) is 23.2 Å². The van der Waals surface area contributed by atoms with Crippen molar-refractivity contribution in [1.29, 1.82) is 0 Å². The molecule has 0 bridgehead atoms. The van der Waals surface area contributed by atoms with Crippen LogP contribution >= 0.6 is 11.3 Å². The van der Waals surface area contributed by atoms with Gasteiger partial charge >= 0.3 is 0 Å². The minimum absolute atomic E-state index is 0.0516. The second-order valence-corrected chi connectivity index (χ2v) is 8.18. The highest BCUT2D eigenvalue weighted by Gasteiger charge is 2.14. The first-order valence-corrected chi connectivity index (χ1v) is 9.63. The molecule has 2 aromatic rings. The number of amides is 1. The van der Waals surface area contributed by atoms with Crippen LogP contribution < -0.4 is 5.32 Å². The Morgan fingerprint density at radius 1 is 1.32 bits per heavy atom. The summed E-state index contributed by atoms with van der Waals surface area (Å²) in [4.78, 5) is 16.3. The molecule has 0 aliphatic heterocycles. The third kappa shape index (κ3) is 4.14. The van der Waals surface area contributed by atoms with Crippen molar-refractivity contribution >= 4 is 27.1 Å². The predicted octanol–water partition coefficient (Wildman–Crippen LogP) is 2.28. The molecule has 0 unspecified atom stereocenters. The van der Waals surface area contributed by atoms with Gasteiger partial charge in [0.1, 0.15) is 10.7 Å². The van der Waals surface area contributed by atoms with Crippen LogP contribution in [0.5, 0.6) is 0 Å². The number of carbonyl (C=O) groups is 1. The van der Waals surface area contributed by atoms with Crippen LogP contribution in [0.25, 0.3) is 10.6 Å². The summed E-state index contributed by atoms with van der Waals surface area (Å²) in [5.41, 5.74) is 2.41. The molecule has 0 aliphatic carbocycles. The number of hydrogen-bond acceptors (Lipinski definition) is 5. The first-order valence-electron chi connectivity index (χ1n) is 6.93. The number of benzene rings is 1. The summed E-state index contributed by atoms with van der Waals surface area (Å²) in [6, 6.07) is 7.84. The van der Waals surface area contributed by atoms with Crippen LogP contribution in [-0.2, 0) is 9.84 Å². The molecule has 2 rings (SSSR count). The maximum atomic E-state index is 12.0. The summed E-state index contributed by atoms with van der Waals surface area (Å²) in [6.45, 7) is 3.68. The number of sulfone groups is 1. The van der Waals surface area contributed by atoms with Gasteiger partial charge in [-0.2, -0.15) is 0 Å². The van der Waals surface area contributed by atoms with Gasteiger partial charge in [0.15, 0.2) is 9.84 Å². The summed E-state index contributed by atoms with van der Waals surface area (Å²) >= 11 is 1.40. The van der Waals surface area contributed by atoms with Crippen molar-refractivity contribution in [2.24, 2.45) is 0 Å². The number of nitrogens with zero attached hydrogens (tertiary/aromatic N) is 1. The molecule has 0 saturated carbocycles. The van der Waals surface area contributed by atoms with Crippen molar-refractivity contribution in [1.82, 2.24) is 10.3 Å². The molecule has 118 valence electrons. The SMILES string of the molecule is CCS(=O)(=O)CCNC(=O)c1csc(-c2ccccc2C)n1. The van der Waals surface area contributed by atoms with E-state index in [1.807, 2.05) is 31.2 Å². The van der Waals surface area contributed by atoms with E-state index in [9.17, 15) is 13.2 Å². The second kappa shape index (κ2) is 7.02. The van der Waals surface area contributed by atoms with Crippen LogP contribution in [-0.4, -0.2) is 37.4 Å². The summed E-state index contributed by atoms with van der Waals surface area (Å²) in [6.07, 6.45) is 0. The van der Waals surface area contributed by atoms with Crippen LogP contribution in [0.1, 0.15) is 23.0 Å². The molecule has 0 saturated heterocycles. The average Bonchev–Trinajstić information content (AvgIpc) is 2.97. The number of carbonyl (C=O) groups excluding carboxylic acids is 1. The Labute approximate surface area is 134 Å². The number of rotatable bonds is 6. The highest BCUT2D eigenvalue weighted by molar-refractivity contribution is 7.91. The standard InChI is InChI=1S/C15H18N2O3S2/c1-3-22(19,20)9-8-16-14(18)13-10-21-15(17-13)12-7-5-4-6-11(12)2/h4-7,10H,3,8-9H2,1-2H3,(H,16,18). The molecular weight excluding hydrogens is 320 g/mol. The van der Waals surface area contributed by atoms with E-state index in [0.717, 1.165) is 16.1 Å². The molecule has 0 spiro atoms. The predicted molar refractivity (Wildman–Crippen MR) is 88.9 cm³/mol. The Morgan fingerprint density at radius 3 is 2.73 bits per heavy atom. The van der Waals surface area contributed by atoms with Crippen LogP contribution in [0.2, 0.25) is 0 Å². The van der Waals surface area contributed by atoms with Gasteiger partial charge < -0.3 is 5.32 Å². The zero-order valence-electron chi connectivity index (χ0n) is 12.5. The molecule has 1 heterocycles. The Hall–Kier alpha value is -1.73. The number of hydrogen-bond donors (Lipinski definition) is 1. The lowest BCUT2D eigenvalue weighted by Crippen LogP contribution is -2.29. The van der Waals surface area contributed by atoms with Crippen molar-refractivity contribution < 1.29 is 13.2 Å². The summed E-state index contributed by atoms with van der Waals surface area (Å²) in [5.74, 6) is -0.316. The zero-order chi connectivity index (χ0) is 16.2. The fourth-order valence-corrected chi connectivity index (χ4v) is 3.46. The maximum absolute atomic E-state index is 12.0. The van der Waals surface area contributed by atoms with Crippen LogP contribution in [0.3, 0.4) is 0 Å². The van der Waals surface area contributed by atoms with Gasteiger partial charge in [-0.25, -0.2) is 13.4 Å². The molecule has 0 aliphatic rings. The van der Waals surface area contributed by atoms with Crippen molar-refractivity contribution in [2.75, 3.05) is 18.1 Å². The molecule has 1 N–H and O–H groups in total. The molecule has 0 radical (unpaired) electrons. The zero-order valence-corrected chi connectivity index (χ0v) is 14.1. The first-order chi connectivity index (χ1) is 10.4. The molecule has 1 aromatic heterocycles. The minimum Gasteiger partial charge on any atom is -0.350 e. The molecule has 1 aromatic carbocycles. The Balaban J connectivity index is 2.03. The van der Waals surface area contributed by atoms with E-state index < -0.39 is 9.84 Å². The highest BCUT2D eigenvalue weighted by Crippen LogP contribution is 2.26. The van der Waals surface area contributed by atoms with Gasteiger partial charge in [0.05, 0.1) is 5.75 Å². The minimum atomic E-state index is -3.07. The van der Waals surface area contributed by atoms with Crippen LogP contribution in [0.4, 0.5) is 0 Å². The second-order valence-electron chi connectivity index (χ2n) is 4.85. The van der Waals surface area contributed by atoms with Crippen molar-refractivity contribution in [2.45, 2.75) is 13.8 Å². The van der Waals surface area contributed by atoms with E-state index in [-0.39, 0.29) is 24.0 Å². The van der Waals surface area contributed by atoms with E-state index in [1.165, 1.54) is 11.3 Å². The topological polar surface area (TPSA) is 76.1 Å². The van der Waals surface area contributed by atoms with Crippen LogP contribution in [0, 0.1) is 6.92 Å². The van der Waals surface area contributed by atoms with Gasteiger partial charge in [-0.15, -0.1) is 11.3 Å². The Kier molecular flexibility index (Phi) is 5.31. The fraction of sp³-hybridized carbons (Fsp3) is 0.333. The Bertz CT molecular complexity index is 767. The molecular formula is C15H18N2O3S2. The van der Waals surface area contributed by atoms with Gasteiger partial charge in [0.2, 0.25) is 0 Å². The van der Waals surface area contributed by atoms with Gasteiger partial charge in [-0.1, -0.05) is 31.2 Å². The maximum Gasteiger partial charge on any atom is 0.270 e.